The maximum atomic E-state index is 9.00. The van der Waals surface area contributed by atoms with Gasteiger partial charge in [0.15, 0.2) is 5.65 Å². The smallest absolute Gasteiger partial charge is 0.195 e. The molecule has 0 radical (unpaired) electrons. The number of pyridine rings is 1. The largest absolute Gasteiger partial charge is 0.425 e. The van der Waals surface area contributed by atoms with Gasteiger partial charge in [0.2, 0.25) is 0 Å². The molecule has 0 saturated heterocycles. The van der Waals surface area contributed by atoms with Crippen molar-refractivity contribution < 1.29 is 5.21 Å². The summed E-state index contributed by atoms with van der Waals surface area (Å²) in [5.74, 6) is 0. The predicted octanol–water partition coefficient (Wildman–Crippen LogP) is 0.669. The first-order valence-electron chi connectivity index (χ1n) is 2.85. The normalized spacial score (nSPS) is 10.4. The highest BCUT2D eigenvalue weighted by molar-refractivity contribution is 5.69. The molecule has 4 nitrogen and oxygen atoms in total. The Kier molecular flexibility index (Phi) is 0.887. The molecule has 0 aromatic carbocycles. The Hall–Kier alpha value is -1.58. The van der Waals surface area contributed by atoms with Crippen molar-refractivity contribution in [1.29, 1.82) is 0 Å². The zero-order valence-electron chi connectivity index (χ0n) is 5.10. The van der Waals surface area contributed by atoms with Gasteiger partial charge in [0, 0.05) is 6.20 Å². The van der Waals surface area contributed by atoms with Crippen molar-refractivity contribution in [2.24, 2.45) is 0 Å². The van der Waals surface area contributed by atoms with Gasteiger partial charge >= 0.3 is 0 Å². The molecule has 0 amide bonds. The highest BCUT2D eigenvalue weighted by Gasteiger charge is 1.97. The van der Waals surface area contributed by atoms with E-state index in [9.17, 15) is 0 Å². The molecule has 0 fully saturated rings. The molecule has 1 N–H and O–H groups in total. The van der Waals surface area contributed by atoms with Crippen molar-refractivity contribution in [2.45, 2.75) is 0 Å². The van der Waals surface area contributed by atoms with Gasteiger partial charge in [-0.2, -0.15) is 4.73 Å². The molecule has 0 atom stereocenters. The molecule has 50 valence electrons. The Balaban J connectivity index is 2.93. The summed E-state index contributed by atoms with van der Waals surface area (Å²) in [4.78, 5) is 7.76. The van der Waals surface area contributed by atoms with Gasteiger partial charge < -0.3 is 5.21 Å². The summed E-state index contributed by atoms with van der Waals surface area (Å²) in [6, 6.07) is 3.56. The molecular formula is C6H5N3O. The molecule has 2 aromatic rings. The quantitative estimate of drug-likeness (QED) is 0.540. The third kappa shape index (κ3) is 0.556. The number of fused-ring (bicyclic) bond motifs is 1. The van der Waals surface area contributed by atoms with Crippen LogP contribution in [0.25, 0.3) is 11.2 Å². The number of imidazole rings is 1. The molecule has 2 aromatic heterocycles. The van der Waals surface area contributed by atoms with Crippen LogP contribution in [0, 0.1) is 0 Å². The second kappa shape index (κ2) is 1.70. The molecule has 2 heterocycles. The van der Waals surface area contributed by atoms with E-state index in [1.165, 1.54) is 6.33 Å². The van der Waals surface area contributed by atoms with Gasteiger partial charge in [-0.25, -0.2) is 9.97 Å². The first-order valence-corrected chi connectivity index (χ1v) is 2.85. The fourth-order valence-corrected chi connectivity index (χ4v) is 0.837. The topological polar surface area (TPSA) is 50.9 Å². The van der Waals surface area contributed by atoms with E-state index in [2.05, 4.69) is 9.97 Å². The van der Waals surface area contributed by atoms with Crippen molar-refractivity contribution >= 4 is 11.2 Å². The van der Waals surface area contributed by atoms with Crippen LogP contribution >= 0.6 is 0 Å². The van der Waals surface area contributed by atoms with Crippen LogP contribution in [0.4, 0.5) is 0 Å². The molecule has 0 spiro atoms. The minimum absolute atomic E-state index is 0.488. The number of aromatic nitrogens is 3. The average Bonchev–Trinajstić information content (AvgIpc) is 2.34. The van der Waals surface area contributed by atoms with Gasteiger partial charge in [0.05, 0.1) is 0 Å². The first kappa shape index (κ1) is 5.22. The number of nitrogens with zero attached hydrogens (tertiary/aromatic N) is 3. The molecular weight excluding hydrogens is 130 g/mol. The summed E-state index contributed by atoms with van der Waals surface area (Å²) in [6.45, 7) is 0. The van der Waals surface area contributed by atoms with Crippen LogP contribution in [0.2, 0.25) is 0 Å². The summed E-state index contributed by atoms with van der Waals surface area (Å²) in [7, 11) is 0. The lowest BCUT2D eigenvalue weighted by atomic mass is 10.4. The van der Waals surface area contributed by atoms with Crippen molar-refractivity contribution in [3.8, 4) is 0 Å². The second-order valence-electron chi connectivity index (χ2n) is 1.94. The van der Waals surface area contributed by atoms with Gasteiger partial charge in [-0.15, -0.1) is 0 Å². The van der Waals surface area contributed by atoms with Crippen LogP contribution in [0.1, 0.15) is 0 Å². The minimum atomic E-state index is 0.488. The maximum Gasteiger partial charge on any atom is 0.195 e. The summed E-state index contributed by atoms with van der Waals surface area (Å²) in [5.41, 5.74) is 1.19. The highest BCUT2D eigenvalue weighted by Crippen LogP contribution is 2.04. The molecule has 0 aliphatic rings. The summed E-state index contributed by atoms with van der Waals surface area (Å²) in [6.07, 6.45) is 2.92. The Morgan fingerprint density at radius 3 is 3.10 bits per heavy atom. The lowest BCUT2D eigenvalue weighted by molar-refractivity contribution is 0.196. The Morgan fingerprint density at radius 2 is 2.30 bits per heavy atom. The highest BCUT2D eigenvalue weighted by atomic mass is 16.5. The van der Waals surface area contributed by atoms with Crippen molar-refractivity contribution in [3.63, 3.8) is 0 Å². The van der Waals surface area contributed by atoms with Gasteiger partial charge in [-0.1, -0.05) is 0 Å². The zero-order valence-corrected chi connectivity index (χ0v) is 5.10. The molecule has 10 heavy (non-hydrogen) atoms. The van der Waals surface area contributed by atoms with Crippen LogP contribution in [0.3, 0.4) is 0 Å². The standard InChI is InChI=1S/C6H5N3O/c10-9-4-8-5-2-1-3-7-6(5)9/h1-4,10H. The summed E-state index contributed by atoms with van der Waals surface area (Å²) < 4.78 is 0.898. The SMILES string of the molecule is On1cnc2cccnc21. The molecule has 0 bridgehead atoms. The predicted molar refractivity (Wildman–Crippen MR) is 34.7 cm³/mol. The zero-order chi connectivity index (χ0) is 6.97. The van der Waals surface area contributed by atoms with Gasteiger partial charge in [0.1, 0.15) is 11.8 Å². The molecule has 4 heteroatoms. The minimum Gasteiger partial charge on any atom is -0.425 e. The second-order valence-corrected chi connectivity index (χ2v) is 1.94. The Bertz CT molecular complexity index is 355. The van der Waals surface area contributed by atoms with E-state index in [0.717, 1.165) is 4.73 Å². The van der Waals surface area contributed by atoms with Gasteiger partial charge in [-0.05, 0) is 12.1 Å². The first-order chi connectivity index (χ1) is 4.88. The van der Waals surface area contributed by atoms with Crippen molar-refractivity contribution in [2.75, 3.05) is 0 Å². The molecule has 0 unspecified atom stereocenters. The van der Waals surface area contributed by atoms with Crippen LogP contribution in [0.5, 0.6) is 0 Å². The van der Waals surface area contributed by atoms with E-state index in [4.69, 9.17) is 5.21 Å². The van der Waals surface area contributed by atoms with Crippen LogP contribution in [0.15, 0.2) is 24.7 Å². The lowest BCUT2D eigenvalue weighted by Gasteiger charge is -1.87. The van der Waals surface area contributed by atoms with Crippen molar-refractivity contribution in [1.82, 2.24) is 14.7 Å². The van der Waals surface area contributed by atoms with E-state index in [1.54, 1.807) is 18.3 Å². The van der Waals surface area contributed by atoms with E-state index in [-0.39, 0.29) is 0 Å². The fraction of sp³-hybridized carbons (Fsp3) is 0. The third-order valence-electron chi connectivity index (χ3n) is 1.29. The van der Waals surface area contributed by atoms with E-state index in [1.807, 2.05) is 0 Å². The van der Waals surface area contributed by atoms with Crippen LogP contribution in [-0.2, 0) is 0 Å². The van der Waals surface area contributed by atoms with Crippen LogP contribution < -0.4 is 0 Å². The molecule has 2 rings (SSSR count). The lowest BCUT2D eigenvalue weighted by Crippen LogP contribution is -1.87. The monoisotopic (exact) mass is 135 g/mol. The molecule has 0 saturated carbocycles. The number of rotatable bonds is 0. The Morgan fingerprint density at radius 1 is 1.40 bits per heavy atom. The fourth-order valence-electron chi connectivity index (χ4n) is 0.837. The molecule has 0 aliphatic heterocycles. The van der Waals surface area contributed by atoms with Crippen LogP contribution in [-0.4, -0.2) is 19.9 Å². The maximum absolute atomic E-state index is 9.00. The molecule has 0 aliphatic carbocycles. The third-order valence-corrected chi connectivity index (χ3v) is 1.29. The van der Waals surface area contributed by atoms with Gasteiger partial charge in [0.25, 0.3) is 0 Å². The number of hydrogen-bond acceptors (Lipinski definition) is 3. The van der Waals surface area contributed by atoms with Gasteiger partial charge in [-0.3, -0.25) is 0 Å². The summed E-state index contributed by atoms with van der Waals surface area (Å²) >= 11 is 0. The Labute approximate surface area is 56.7 Å². The summed E-state index contributed by atoms with van der Waals surface area (Å²) in [5, 5.41) is 9.00. The van der Waals surface area contributed by atoms with E-state index < -0.39 is 0 Å². The number of hydrogen-bond donors (Lipinski definition) is 1. The van der Waals surface area contributed by atoms with E-state index in [0.29, 0.717) is 11.2 Å². The average molecular weight is 135 g/mol. The van der Waals surface area contributed by atoms with E-state index >= 15 is 0 Å². The van der Waals surface area contributed by atoms with Crippen molar-refractivity contribution in [3.05, 3.63) is 24.7 Å².